The van der Waals surface area contributed by atoms with Gasteiger partial charge in [0.2, 0.25) is 0 Å². The topological polar surface area (TPSA) is 78.9 Å². The Kier molecular flexibility index (Phi) is 6.20. The second kappa shape index (κ2) is 8.35. The van der Waals surface area contributed by atoms with E-state index in [1.165, 1.54) is 4.90 Å². The molecule has 0 aliphatic rings. The summed E-state index contributed by atoms with van der Waals surface area (Å²) in [6, 6.07) is 9.55. The van der Waals surface area contributed by atoms with Crippen molar-refractivity contribution in [3.8, 4) is 16.9 Å². The summed E-state index contributed by atoms with van der Waals surface area (Å²) in [7, 11) is 3.21. The largest absolute Gasteiger partial charge is 0.497 e. The van der Waals surface area contributed by atoms with E-state index in [2.05, 4.69) is 5.32 Å². The maximum absolute atomic E-state index is 11.9. The molecular formula is C17H20N2O4S. The molecule has 2 aromatic rings. The summed E-state index contributed by atoms with van der Waals surface area (Å²) < 4.78 is 5.15. The molecule has 0 aliphatic heterocycles. The van der Waals surface area contributed by atoms with E-state index in [0.29, 0.717) is 6.54 Å². The number of carboxylic acid groups (broad SMARTS) is 1. The van der Waals surface area contributed by atoms with Crippen LogP contribution in [0.5, 0.6) is 5.75 Å². The molecule has 0 bridgehead atoms. The number of urea groups is 1. The van der Waals surface area contributed by atoms with Crippen LogP contribution in [0.15, 0.2) is 35.7 Å². The van der Waals surface area contributed by atoms with Gasteiger partial charge in [0.25, 0.3) is 0 Å². The standard InChI is InChI=1S/C17H20N2O4S/c1-19(8-7-16(20)21)17(22)18-10-15-9-13(11-24-15)12-3-5-14(23-2)6-4-12/h3-6,9,11H,7-8,10H2,1-2H3,(H,18,22)(H,20,21). The zero-order valence-corrected chi connectivity index (χ0v) is 14.4. The highest BCUT2D eigenvalue weighted by Gasteiger charge is 2.10. The summed E-state index contributed by atoms with van der Waals surface area (Å²) >= 11 is 1.57. The van der Waals surface area contributed by atoms with Crippen LogP contribution in [-0.2, 0) is 11.3 Å². The lowest BCUT2D eigenvalue weighted by atomic mass is 10.1. The molecule has 128 valence electrons. The Bertz CT molecular complexity index is 697. The van der Waals surface area contributed by atoms with Gasteiger partial charge in [-0.05, 0) is 34.7 Å². The maximum atomic E-state index is 11.9. The fourth-order valence-corrected chi connectivity index (χ4v) is 2.90. The molecule has 0 fully saturated rings. The molecule has 0 spiro atoms. The van der Waals surface area contributed by atoms with Crippen LogP contribution in [0.3, 0.4) is 0 Å². The van der Waals surface area contributed by atoms with Crippen LogP contribution < -0.4 is 10.1 Å². The van der Waals surface area contributed by atoms with Gasteiger partial charge in [-0.3, -0.25) is 4.79 Å². The molecule has 7 heteroatoms. The van der Waals surface area contributed by atoms with E-state index in [0.717, 1.165) is 21.8 Å². The van der Waals surface area contributed by atoms with Crippen LogP contribution in [0.25, 0.3) is 11.1 Å². The number of methoxy groups -OCH3 is 1. The lowest BCUT2D eigenvalue weighted by Crippen LogP contribution is -2.37. The second-order valence-corrected chi connectivity index (χ2v) is 6.25. The molecule has 0 saturated heterocycles. The summed E-state index contributed by atoms with van der Waals surface area (Å²) in [5.74, 6) is -0.108. The Balaban J connectivity index is 1.89. The van der Waals surface area contributed by atoms with Crippen molar-refractivity contribution >= 4 is 23.3 Å². The number of carboxylic acids is 1. The number of nitrogens with zero attached hydrogens (tertiary/aromatic N) is 1. The van der Waals surface area contributed by atoms with Crippen LogP contribution in [0.2, 0.25) is 0 Å². The summed E-state index contributed by atoms with van der Waals surface area (Å²) in [5.41, 5.74) is 2.18. The lowest BCUT2D eigenvalue weighted by molar-refractivity contribution is -0.137. The van der Waals surface area contributed by atoms with Gasteiger partial charge in [-0.15, -0.1) is 11.3 Å². The Morgan fingerprint density at radius 3 is 2.58 bits per heavy atom. The predicted molar refractivity (Wildman–Crippen MR) is 93.4 cm³/mol. The summed E-state index contributed by atoms with van der Waals surface area (Å²) in [6.45, 7) is 0.597. The molecule has 0 atom stereocenters. The van der Waals surface area contributed by atoms with Crippen molar-refractivity contribution in [2.24, 2.45) is 0 Å². The van der Waals surface area contributed by atoms with Crippen LogP contribution >= 0.6 is 11.3 Å². The molecule has 0 saturated carbocycles. The fraction of sp³-hybridized carbons (Fsp3) is 0.294. The van der Waals surface area contributed by atoms with Crippen LogP contribution in [0.1, 0.15) is 11.3 Å². The number of carbonyl (C=O) groups is 2. The van der Waals surface area contributed by atoms with Crippen molar-refractivity contribution in [2.45, 2.75) is 13.0 Å². The van der Waals surface area contributed by atoms with Crippen molar-refractivity contribution < 1.29 is 19.4 Å². The third-order valence-corrected chi connectivity index (χ3v) is 4.44. The Morgan fingerprint density at radius 1 is 1.25 bits per heavy atom. The van der Waals surface area contributed by atoms with Gasteiger partial charge >= 0.3 is 12.0 Å². The average Bonchev–Trinajstić information content (AvgIpc) is 3.06. The number of hydrogen-bond acceptors (Lipinski definition) is 4. The van der Waals surface area contributed by atoms with Gasteiger partial charge in [0, 0.05) is 18.5 Å². The number of nitrogens with one attached hydrogen (secondary N) is 1. The number of amides is 2. The average molecular weight is 348 g/mol. The van der Waals surface area contributed by atoms with Gasteiger partial charge < -0.3 is 20.1 Å². The molecule has 2 rings (SSSR count). The van der Waals surface area contributed by atoms with Crippen molar-refractivity contribution in [3.63, 3.8) is 0 Å². The third-order valence-electron chi connectivity index (χ3n) is 3.50. The molecule has 0 unspecified atom stereocenters. The quantitative estimate of drug-likeness (QED) is 0.806. The fourth-order valence-electron chi connectivity index (χ4n) is 2.07. The number of carbonyl (C=O) groups excluding carboxylic acids is 1. The molecule has 0 aliphatic carbocycles. The molecule has 1 heterocycles. The first-order valence-electron chi connectivity index (χ1n) is 7.42. The summed E-state index contributed by atoms with van der Waals surface area (Å²) in [4.78, 5) is 24.8. The molecule has 6 nitrogen and oxygen atoms in total. The maximum Gasteiger partial charge on any atom is 0.317 e. The van der Waals surface area contributed by atoms with Crippen molar-refractivity contribution in [1.29, 1.82) is 0 Å². The van der Waals surface area contributed by atoms with E-state index in [-0.39, 0.29) is 19.0 Å². The van der Waals surface area contributed by atoms with E-state index in [1.54, 1.807) is 25.5 Å². The van der Waals surface area contributed by atoms with Crippen molar-refractivity contribution in [3.05, 3.63) is 40.6 Å². The van der Waals surface area contributed by atoms with E-state index in [1.807, 2.05) is 35.7 Å². The number of rotatable bonds is 7. The van der Waals surface area contributed by atoms with Gasteiger partial charge in [0.1, 0.15) is 5.75 Å². The minimum Gasteiger partial charge on any atom is -0.497 e. The van der Waals surface area contributed by atoms with E-state index in [4.69, 9.17) is 9.84 Å². The van der Waals surface area contributed by atoms with Gasteiger partial charge in [0.15, 0.2) is 0 Å². The summed E-state index contributed by atoms with van der Waals surface area (Å²) in [6.07, 6.45) is -0.0649. The summed E-state index contributed by atoms with van der Waals surface area (Å²) in [5, 5.41) is 13.5. The van der Waals surface area contributed by atoms with E-state index >= 15 is 0 Å². The van der Waals surface area contributed by atoms with Crippen LogP contribution in [-0.4, -0.2) is 42.7 Å². The van der Waals surface area contributed by atoms with E-state index < -0.39 is 5.97 Å². The molecule has 1 aromatic carbocycles. The van der Waals surface area contributed by atoms with Gasteiger partial charge in [0.05, 0.1) is 20.1 Å². The van der Waals surface area contributed by atoms with Crippen LogP contribution in [0, 0.1) is 0 Å². The molecule has 24 heavy (non-hydrogen) atoms. The Labute approximate surface area is 144 Å². The van der Waals surface area contributed by atoms with Gasteiger partial charge in [-0.1, -0.05) is 12.1 Å². The second-order valence-electron chi connectivity index (χ2n) is 5.25. The Hall–Kier alpha value is -2.54. The number of ether oxygens (including phenoxy) is 1. The Morgan fingerprint density at radius 2 is 1.96 bits per heavy atom. The van der Waals surface area contributed by atoms with Gasteiger partial charge in [-0.2, -0.15) is 0 Å². The molecular weight excluding hydrogens is 328 g/mol. The van der Waals surface area contributed by atoms with E-state index in [9.17, 15) is 9.59 Å². The SMILES string of the molecule is COc1ccc(-c2csc(CNC(=O)N(C)CCC(=O)O)c2)cc1. The monoisotopic (exact) mass is 348 g/mol. The number of aliphatic carboxylic acids is 1. The first-order chi connectivity index (χ1) is 11.5. The molecule has 1 aromatic heterocycles. The first kappa shape index (κ1) is 17.8. The van der Waals surface area contributed by atoms with Crippen molar-refractivity contribution in [1.82, 2.24) is 10.2 Å². The predicted octanol–water partition coefficient (Wildman–Crippen LogP) is 3.04. The highest BCUT2D eigenvalue weighted by Crippen LogP contribution is 2.27. The van der Waals surface area contributed by atoms with Crippen molar-refractivity contribution in [2.75, 3.05) is 20.7 Å². The first-order valence-corrected chi connectivity index (χ1v) is 8.30. The molecule has 2 amide bonds. The zero-order chi connectivity index (χ0) is 17.5. The number of thiophene rings is 1. The number of benzene rings is 1. The minimum atomic E-state index is -0.919. The molecule has 2 N–H and O–H groups in total. The minimum absolute atomic E-state index is 0.0649. The highest BCUT2D eigenvalue weighted by atomic mass is 32.1. The molecule has 0 radical (unpaired) electrons. The smallest absolute Gasteiger partial charge is 0.317 e. The third kappa shape index (κ3) is 4.99. The lowest BCUT2D eigenvalue weighted by Gasteiger charge is -2.16. The number of hydrogen-bond donors (Lipinski definition) is 2. The zero-order valence-electron chi connectivity index (χ0n) is 13.6. The van der Waals surface area contributed by atoms with Gasteiger partial charge in [-0.25, -0.2) is 4.79 Å². The highest BCUT2D eigenvalue weighted by molar-refractivity contribution is 7.10. The normalized spacial score (nSPS) is 10.2. The van der Waals surface area contributed by atoms with Crippen LogP contribution in [0.4, 0.5) is 4.79 Å².